The van der Waals surface area contributed by atoms with Crippen molar-refractivity contribution in [1.29, 1.82) is 0 Å². The first-order chi connectivity index (χ1) is 11.2. The lowest BCUT2D eigenvalue weighted by molar-refractivity contribution is -0.140. The number of morpholine rings is 1. The van der Waals surface area contributed by atoms with Gasteiger partial charge in [-0.25, -0.2) is 4.39 Å². The number of ether oxygens (including phenoxy) is 1. The molecule has 0 N–H and O–H groups in total. The maximum atomic E-state index is 13.0. The summed E-state index contributed by atoms with van der Waals surface area (Å²) in [6.07, 6.45) is 2.31. The molecule has 120 valence electrons. The van der Waals surface area contributed by atoms with Crippen LogP contribution in [0.4, 0.5) is 4.39 Å². The van der Waals surface area contributed by atoms with Crippen molar-refractivity contribution in [2.45, 2.75) is 18.4 Å². The summed E-state index contributed by atoms with van der Waals surface area (Å²) >= 11 is 0. The summed E-state index contributed by atoms with van der Waals surface area (Å²) in [6.45, 7) is 1.63. The van der Waals surface area contributed by atoms with Crippen molar-refractivity contribution in [2.24, 2.45) is 5.92 Å². The highest BCUT2D eigenvalue weighted by atomic mass is 19.1. The van der Waals surface area contributed by atoms with Gasteiger partial charge in [0.1, 0.15) is 17.7 Å². The Balaban J connectivity index is 1.41. The molecule has 2 aromatic rings. The van der Waals surface area contributed by atoms with Gasteiger partial charge in [0.2, 0.25) is 5.91 Å². The normalized spacial score (nSPS) is 27.0. The van der Waals surface area contributed by atoms with Crippen LogP contribution in [-0.4, -0.2) is 30.5 Å². The summed E-state index contributed by atoms with van der Waals surface area (Å²) in [5.41, 5.74) is 0.905. The van der Waals surface area contributed by atoms with E-state index in [1.54, 1.807) is 18.4 Å². The Morgan fingerprint density at radius 3 is 2.78 bits per heavy atom. The van der Waals surface area contributed by atoms with Gasteiger partial charge in [0.15, 0.2) is 0 Å². The third-order valence-corrected chi connectivity index (χ3v) is 4.64. The van der Waals surface area contributed by atoms with Crippen molar-refractivity contribution in [2.75, 3.05) is 19.7 Å². The minimum absolute atomic E-state index is 0.0214. The van der Waals surface area contributed by atoms with Gasteiger partial charge in [-0.05, 0) is 36.2 Å². The molecule has 1 aliphatic heterocycles. The lowest BCUT2D eigenvalue weighted by atomic mass is 10.1. The van der Waals surface area contributed by atoms with Gasteiger partial charge in [-0.2, -0.15) is 0 Å². The van der Waals surface area contributed by atoms with E-state index in [0.29, 0.717) is 19.7 Å². The zero-order valence-electron chi connectivity index (χ0n) is 12.7. The summed E-state index contributed by atoms with van der Waals surface area (Å²) in [6, 6.07) is 10.1. The molecule has 1 saturated heterocycles. The average Bonchev–Trinajstić information content (AvgIpc) is 3.20. The van der Waals surface area contributed by atoms with Crippen LogP contribution in [-0.2, 0) is 9.53 Å². The van der Waals surface area contributed by atoms with Crippen molar-refractivity contribution < 1.29 is 18.3 Å². The van der Waals surface area contributed by atoms with Crippen LogP contribution in [0.3, 0.4) is 0 Å². The first kappa shape index (κ1) is 14.5. The average molecular weight is 315 g/mol. The third-order valence-electron chi connectivity index (χ3n) is 4.64. The number of benzene rings is 1. The molecule has 0 bridgehead atoms. The smallest absolute Gasteiger partial charge is 0.226 e. The number of halogens is 1. The molecule has 2 heterocycles. The number of carbonyl (C=O) groups is 1. The Hall–Kier alpha value is -2.14. The second-order valence-electron chi connectivity index (χ2n) is 6.16. The number of amides is 1. The standard InChI is InChI=1S/C18H18FNO3/c19-13-5-3-12(4-6-13)17-11-20(7-9-23-17)18(21)15-10-14(15)16-2-1-8-22-16/h1-6,8,14-15,17H,7,9-11H2. The molecule has 4 rings (SSSR count). The van der Waals surface area contributed by atoms with Crippen molar-refractivity contribution in [3.8, 4) is 0 Å². The van der Waals surface area contributed by atoms with E-state index in [1.807, 2.05) is 17.0 Å². The molecule has 0 spiro atoms. The fraction of sp³-hybridized carbons (Fsp3) is 0.389. The van der Waals surface area contributed by atoms with Gasteiger partial charge in [0.05, 0.1) is 19.4 Å². The summed E-state index contributed by atoms with van der Waals surface area (Å²) in [5.74, 6) is 1.03. The van der Waals surface area contributed by atoms with E-state index in [-0.39, 0.29) is 29.7 Å². The van der Waals surface area contributed by atoms with Gasteiger partial charge in [0, 0.05) is 18.4 Å². The topological polar surface area (TPSA) is 42.7 Å². The maximum absolute atomic E-state index is 13.0. The number of carbonyl (C=O) groups excluding carboxylic acids is 1. The number of hydrogen-bond donors (Lipinski definition) is 0. The highest BCUT2D eigenvalue weighted by molar-refractivity contribution is 5.83. The lowest BCUT2D eigenvalue weighted by Gasteiger charge is -2.33. The first-order valence-electron chi connectivity index (χ1n) is 7.91. The molecule has 3 unspecified atom stereocenters. The molecule has 2 aliphatic rings. The highest BCUT2D eigenvalue weighted by Crippen LogP contribution is 2.48. The molecule has 3 atom stereocenters. The Bertz CT molecular complexity index is 683. The fourth-order valence-electron chi connectivity index (χ4n) is 3.25. The van der Waals surface area contributed by atoms with Crippen molar-refractivity contribution in [1.82, 2.24) is 4.90 Å². The number of furan rings is 1. The Morgan fingerprint density at radius 2 is 2.04 bits per heavy atom. The fourth-order valence-corrected chi connectivity index (χ4v) is 3.25. The SMILES string of the molecule is O=C(C1CC1c1ccco1)N1CCOC(c2ccc(F)cc2)C1. The van der Waals surface area contributed by atoms with Crippen molar-refractivity contribution >= 4 is 5.91 Å². The quantitative estimate of drug-likeness (QED) is 0.874. The summed E-state index contributed by atoms with van der Waals surface area (Å²) in [5, 5.41) is 0. The van der Waals surface area contributed by atoms with Gasteiger partial charge in [-0.15, -0.1) is 0 Å². The molecule has 1 amide bonds. The van der Waals surface area contributed by atoms with E-state index in [2.05, 4.69) is 0 Å². The monoisotopic (exact) mass is 315 g/mol. The molecule has 4 nitrogen and oxygen atoms in total. The molecule has 1 saturated carbocycles. The second-order valence-corrected chi connectivity index (χ2v) is 6.16. The van der Waals surface area contributed by atoms with Gasteiger partial charge in [-0.1, -0.05) is 12.1 Å². The van der Waals surface area contributed by atoms with Gasteiger partial charge in [-0.3, -0.25) is 4.79 Å². The van der Waals surface area contributed by atoms with Crippen molar-refractivity contribution in [3.05, 3.63) is 59.8 Å². The Morgan fingerprint density at radius 1 is 1.22 bits per heavy atom. The van der Waals surface area contributed by atoms with E-state index in [9.17, 15) is 9.18 Å². The molecule has 0 radical (unpaired) electrons. The van der Waals surface area contributed by atoms with Crippen LogP contribution in [0.2, 0.25) is 0 Å². The first-order valence-corrected chi connectivity index (χ1v) is 7.91. The van der Waals surface area contributed by atoms with E-state index >= 15 is 0 Å². The number of rotatable bonds is 3. The Kier molecular flexibility index (Phi) is 3.65. The minimum atomic E-state index is -0.267. The highest BCUT2D eigenvalue weighted by Gasteiger charge is 2.48. The molecule has 5 heteroatoms. The molecule has 23 heavy (non-hydrogen) atoms. The van der Waals surface area contributed by atoms with E-state index in [0.717, 1.165) is 17.7 Å². The van der Waals surface area contributed by atoms with Gasteiger partial charge < -0.3 is 14.1 Å². The summed E-state index contributed by atoms with van der Waals surface area (Å²) < 4.78 is 24.2. The van der Waals surface area contributed by atoms with Crippen LogP contribution in [0.25, 0.3) is 0 Å². The molecular weight excluding hydrogens is 297 g/mol. The number of nitrogens with zero attached hydrogens (tertiary/aromatic N) is 1. The van der Waals surface area contributed by atoms with Crippen molar-refractivity contribution in [3.63, 3.8) is 0 Å². The van der Waals surface area contributed by atoms with E-state index in [1.165, 1.54) is 12.1 Å². The zero-order chi connectivity index (χ0) is 15.8. The van der Waals surface area contributed by atoms with Gasteiger partial charge >= 0.3 is 0 Å². The lowest BCUT2D eigenvalue weighted by Crippen LogP contribution is -2.43. The third kappa shape index (κ3) is 2.88. The Labute approximate surface area is 133 Å². The van der Waals surface area contributed by atoms with Crippen LogP contribution in [0, 0.1) is 11.7 Å². The maximum Gasteiger partial charge on any atom is 0.226 e. The molecule has 1 aromatic carbocycles. The predicted molar refractivity (Wildman–Crippen MR) is 81.2 cm³/mol. The molecular formula is C18H18FNO3. The van der Waals surface area contributed by atoms with Gasteiger partial charge in [0.25, 0.3) is 0 Å². The van der Waals surface area contributed by atoms with E-state index < -0.39 is 0 Å². The number of hydrogen-bond acceptors (Lipinski definition) is 3. The predicted octanol–water partition coefficient (Wildman–Crippen LogP) is 3.12. The van der Waals surface area contributed by atoms with Crippen LogP contribution < -0.4 is 0 Å². The van der Waals surface area contributed by atoms with Crippen LogP contribution in [0.5, 0.6) is 0 Å². The molecule has 1 aliphatic carbocycles. The molecule has 2 fully saturated rings. The second kappa shape index (κ2) is 5.81. The minimum Gasteiger partial charge on any atom is -0.469 e. The molecule has 1 aromatic heterocycles. The van der Waals surface area contributed by atoms with Crippen LogP contribution >= 0.6 is 0 Å². The zero-order valence-corrected chi connectivity index (χ0v) is 12.7. The summed E-state index contributed by atoms with van der Waals surface area (Å²) in [4.78, 5) is 14.5. The summed E-state index contributed by atoms with van der Waals surface area (Å²) in [7, 11) is 0. The largest absolute Gasteiger partial charge is 0.469 e. The van der Waals surface area contributed by atoms with E-state index in [4.69, 9.17) is 9.15 Å². The van der Waals surface area contributed by atoms with Crippen LogP contribution in [0.1, 0.15) is 29.8 Å². The van der Waals surface area contributed by atoms with Crippen LogP contribution in [0.15, 0.2) is 47.1 Å².